The number of hydrogen-bond acceptors (Lipinski definition) is 7. The van der Waals surface area contributed by atoms with Crippen molar-refractivity contribution < 1.29 is 19.6 Å². The normalized spacial score (nSPS) is 13.4. The van der Waals surface area contributed by atoms with Gasteiger partial charge in [-0.05, 0) is 37.0 Å². The molecule has 0 saturated heterocycles. The summed E-state index contributed by atoms with van der Waals surface area (Å²) in [6.45, 7) is 0.702. The van der Waals surface area contributed by atoms with Crippen molar-refractivity contribution >= 4 is 23.0 Å². The third kappa shape index (κ3) is 4.45. The number of carbonyl (C=O) groups is 2. The Morgan fingerprint density at radius 1 is 1.11 bits per heavy atom. The lowest BCUT2D eigenvalue weighted by Gasteiger charge is -2.25. The molecule has 10 heteroatoms. The van der Waals surface area contributed by atoms with Gasteiger partial charge in [-0.1, -0.05) is 18.6 Å². The van der Waals surface area contributed by atoms with Gasteiger partial charge >= 0.3 is 0 Å². The number of rotatable bonds is 7. The van der Waals surface area contributed by atoms with E-state index in [2.05, 4.69) is 15.4 Å². The van der Waals surface area contributed by atoms with Crippen LogP contribution in [0.5, 0.6) is 5.75 Å². The summed E-state index contributed by atoms with van der Waals surface area (Å²) in [6.07, 6.45) is 6.35. The zero-order valence-corrected chi connectivity index (χ0v) is 18.5. The summed E-state index contributed by atoms with van der Waals surface area (Å²) < 4.78 is 1.43. The van der Waals surface area contributed by atoms with Crippen molar-refractivity contribution in [2.75, 3.05) is 6.54 Å². The van der Waals surface area contributed by atoms with Crippen LogP contribution in [0.3, 0.4) is 0 Å². The van der Waals surface area contributed by atoms with Gasteiger partial charge in [0.1, 0.15) is 5.75 Å². The van der Waals surface area contributed by atoms with Crippen LogP contribution in [0.25, 0.3) is 16.9 Å². The van der Waals surface area contributed by atoms with E-state index in [9.17, 15) is 24.8 Å². The highest BCUT2D eigenvalue weighted by Gasteiger charge is 2.20. The Morgan fingerprint density at radius 2 is 1.89 bits per heavy atom. The van der Waals surface area contributed by atoms with Gasteiger partial charge in [0.05, 0.1) is 21.7 Å². The highest BCUT2D eigenvalue weighted by Crippen LogP contribution is 2.27. The molecule has 0 aliphatic heterocycles. The summed E-state index contributed by atoms with van der Waals surface area (Å²) in [6, 6.07) is 12.1. The second kappa shape index (κ2) is 8.98. The third-order valence-electron chi connectivity index (χ3n) is 6.23. The molecule has 1 fully saturated rings. The van der Waals surface area contributed by atoms with Gasteiger partial charge in [0.2, 0.25) is 0 Å². The van der Waals surface area contributed by atoms with E-state index in [1.54, 1.807) is 30.3 Å². The number of non-ortho nitro benzene ring substituents is 1. The molecule has 0 spiro atoms. The molecule has 0 bridgehead atoms. The molecule has 2 aromatic heterocycles. The average molecular weight is 471 g/mol. The van der Waals surface area contributed by atoms with E-state index in [0.717, 1.165) is 23.8 Å². The van der Waals surface area contributed by atoms with Crippen molar-refractivity contribution in [1.82, 2.24) is 19.9 Å². The molecule has 1 saturated carbocycles. The van der Waals surface area contributed by atoms with Crippen LogP contribution in [0.15, 0.2) is 60.9 Å². The van der Waals surface area contributed by atoms with Gasteiger partial charge in [-0.2, -0.15) is 5.10 Å². The van der Waals surface area contributed by atoms with Crippen LogP contribution in [0, 0.1) is 16.0 Å². The Kier molecular flexibility index (Phi) is 5.69. The number of hydrogen-bond donors (Lipinski definition) is 2. The molecule has 0 radical (unpaired) electrons. The number of nitrogens with zero attached hydrogens (tertiary/aromatic N) is 4. The van der Waals surface area contributed by atoms with E-state index in [0.29, 0.717) is 29.4 Å². The number of aromatic nitrogens is 3. The number of benzene rings is 2. The fraction of sp³-hybridized carbons (Fsp3) is 0.200. The molecule has 4 aromatic rings. The Labute approximate surface area is 199 Å². The fourth-order valence-electron chi connectivity index (χ4n) is 3.94. The van der Waals surface area contributed by atoms with E-state index in [1.807, 2.05) is 0 Å². The Morgan fingerprint density at radius 3 is 2.57 bits per heavy atom. The maximum absolute atomic E-state index is 12.9. The second-order valence-electron chi connectivity index (χ2n) is 8.55. The van der Waals surface area contributed by atoms with Gasteiger partial charge in [-0.3, -0.25) is 19.7 Å². The number of carbonyl (C=O) groups excluding carboxylic acids is 2. The number of aromatic hydroxyl groups is 1. The fourth-order valence-corrected chi connectivity index (χ4v) is 3.94. The second-order valence-corrected chi connectivity index (χ2v) is 8.55. The Bertz CT molecular complexity index is 1460. The van der Waals surface area contributed by atoms with Crippen molar-refractivity contribution in [3.8, 4) is 17.0 Å². The van der Waals surface area contributed by atoms with Gasteiger partial charge < -0.3 is 10.4 Å². The molecule has 2 heterocycles. The number of nitrogens with one attached hydrogen (secondary N) is 1. The zero-order chi connectivity index (χ0) is 24.5. The van der Waals surface area contributed by atoms with Crippen molar-refractivity contribution in [2.45, 2.75) is 19.3 Å². The summed E-state index contributed by atoms with van der Waals surface area (Å²) in [5.41, 5.74) is 2.04. The lowest BCUT2D eigenvalue weighted by Crippen LogP contribution is -2.32. The molecule has 2 aromatic carbocycles. The predicted octanol–water partition coefficient (Wildman–Crippen LogP) is 3.77. The van der Waals surface area contributed by atoms with E-state index >= 15 is 0 Å². The zero-order valence-electron chi connectivity index (χ0n) is 18.5. The molecule has 176 valence electrons. The van der Waals surface area contributed by atoms with E-state index < -0.39 is 10.7 Å². The summed E-state index contributed by atoms with van der Waals surface area (Å²) in [5.74, 6) is -0.498. The van der Waals surface area contributed by atoms with Crippen molar-refractivity contribution in [3.63, 3.8) is 0 Å². The lowest BCUT2D eigenvalue weighted by molar-refractivity contribution is -0.384. The van der Waals surface area contributed by atoms with Gasteiger partial charge in [0.15, 0.2) is 11.4 Å². The number of nitro benzene ring substituents is 1. The molecular formula is C25H21N5O5. The van der Waals surface area contributed by atoms with Crippen LogP contribution in [-0.4, -0.2) is 42.9 Å². The summed E-state index contributed by atoms with van der Waals surface area (Å²) in [7, 11) is 0. The topological polar surface area (TPSA) is 140 Å². The number of nitro groups is 1. The van der Waals surface area contributed by atoms with Crippen LogP contribution in [0.4, 0.5) is 5.69 Å². The molecule has 1 amide bonds. The van der Waals surface area contributed by atoms with Crippen LogP contribution >= 0.6 is 0 Å². The van der Waals surface area contributed by atoms with Crippen LogP contribution in [-0.2, 0) is 0 Å². The van der Waals surface area contributed by atoms with Gasteiger partial charge in [0, 0.05) is 48.3 Å². The first-order chi connectivity index (χ1) is 16.9. The lowest BCUT2D eigenvalue weighted by atomic mass is 9.85. The number of phenols is 1. The summed E-state index contributed by atoms with van der Waals surface area (Å²) in [4.78, 5) is 39.9. The Hall–Kier alpha value is -4.60. The predicted molar refractivity (Wildman–Crippen MR) is 126 cm³/mol. The van der Waals surface area contributed by atoms with E-state index in [-0.39, 0.29) is 28.5 Å². The third-order valence-corrected chi connectivity index (χ3v) is 6.23. The molecule has 2 N–H and O–H groups in total. The quantitative estimate of drug-likeness (QED) is 0.237. The first-order valence-electron chi connectivity index (χ1n) is 11.2. The monoisotopic (exact) mass is 471 g/mol. The minimum atomic E-state index is -0.638. The Balaban J connectivity index is 1.36. The highest BCUT2D eigenvalue weighted by molar-refractivity contribution is 6.10. The molecule has 10 nitrogen and oxygen atoms in total. The SMILES string of the molecule is O=C(NCC1CCC1)c1ccc(-c2cc3ncc(C(=O)c4cc([N+](=O)[O-])ccc4O)cn3n2)cc1. The van der Waals surface area contributed by atoms with E-state index in [1.165, 1.54) is 36.2 Å². The van der Waals surface area contributed by atoms with Gasteiger partial charge in [0.25, 0.3) is 11.6 Å². The van der Waals surface area contributed by atoms with Crippen LogP contribution < -0.4 is 5.32 Å². The molecule has 35 heavy (non-hydrogen) atoms. The van der Waals surface area contributed by atoms with Crippen LogP contribution in [0.2, 0.25) is 0 Å². The van der Waals surface area contributed by atoms with Gasteiger partial charge in [-0.15, -0.1) is 0 Å². The molecule has 5 rings (SSSR count). The van der Waals surface area contributed by atoms with Crippen LogP contribution in [0.1, 0.15) is 45.5 Å². The number of amides is 1. The maximum atomic E-state index is 12.9. The molecule has 1 aliphatic carbocycles. The molecule has 1 aliphatic rings. The smallest absolute Gasteiger partial charge is 0.270 e. The number of fused-ring (bicyclic) bond motifs is 1. The summed E-state index contributed by atoms with van der Waals surface area (Å²) >= 11 is 0. The molecule has 0 unspecified atom stereocenters. The highest BCUT2D eigenvalue weighted by atomic mass is 16.6. The first-order valence-corrected chi connectivity index (χ1v) is 11.2. The largest absolute Gasteiger partial charge is 0.507 e. The van der Waals surface area contributed by atoms with Crippen molar-refractivity contribution in [1.29, 1.82) is 0 Å². The summed E-state index contributed by atoms with van der Waals surface area (Å²) in [5, 5.41) is 28.5. The maximum Gasteiger partial charge on any atom is 0.270 e. The minimum Gasteiger partial charge on any atom is -0.507 e. The van der Waals surface area contributed by atoms with E-state index in [4.69, 9.17) is 0 Å². The first kappa shape index (κ1) is 22.2. The number of phenolic OH excluding ortho intramolecular Hbond substituents is 1. The van der Waals surface area contributed by atoms with Crippen molar-refractivity contribution in [2.24, 2.45) is 5.92 Å². The minimum absolute atomic E-state index is 0.104. The van der Waals surface area contributed by atoms with Crippen molar-refractivity contribution in [3.05, 3.63) is 87.7 Å². The molecule has 0 atom stereocenters. The standard InChI is InChI=1S/C25H21N5O5/c31-22-9-8-19(30(34)35)10-20(22)24(32)18-13-26-23-11-21(28-29(23)14-18)16-4-6-17(7-5-16)25(33)27-12-15-2-1-3-15/h4-11,13-15,31H,1-3,12H2,(H,27,33). The average Bonchev–Trinajstić information content (AvgIpc) is 3.26. The molecular weight excluding hydrogens is 450 g/mol. The van der Waals surface area contributed by atoms with Gasteiger partial charge in [-0.25, -0.2) is 9.50 Å². The number of ketones is 1.